The van der Waals surface area contributed by atoms with Gasteiger partial charge < -0.3 is 5.11 Å². The minimum Gasteiger partial charge on any atom is -0.478 e. The van der Waals surface area contributed by atoms with Crippen molar-refractivity contribution in [1.82, 2.24) is 4.72 Å². The van der Waals surface area contributed by atoms with E-state index >= 15 is 0 Å². The Kier molecular flexibility index (Phi) is 5.91. The summed E-state index contributed by atoms with van der Waals surface area (Å²) >= 11 is 0. The molecule has 0 unspecified atom stereocenters. The number of carboxylic acids is 1. The van der Waals surface area contributed by atoms with Crippen molar-refractivity contribution in [2.24, 2.45) is 0 Å². The van der Waals surface area contributed by atoms with Crippen molar-refractivity contribution in [2.75, 3.05) is 6.54 Å². The zero-order chi connectivity index (χ0) is 20.4. The van der Waals surface area contributed by atoms with E-state index in [1.807, 2.05) is 0 Å². The van der Waals surface area contributed by atoms with Crippen molar-refractivity contribution < 1.29 is 35.9 Å². The van der Waals surface area contributed by atoms with Crippen LogP contribution in [0, 0.1) is 12.7 Å². The quantitative estimate of drug-likeness (QED) is 0.722. The third kappa shape index (κ3) is 5.04. The van der Waals surface area contributed by atoms with Gasteiger partial charge in [-0.2, -0.15) is 13.2 Å². The van der Waals surface area contributed by atoms with E-state index in [1.54, 1.807) is 0 Å². The summed E-state index contributed by atoms with van der Waals surface area (Å²) < 4.78 is 78.3. The molecule has 0 fully saturated rings. The van der Waals surface area contributed by atoms with E-state index in [4.69, 9.17) is 5.11 Å². The number of nitrogens with one attached hydrogen (secondary N) is 1. The molecule has 0 saturated heterocycles. The van der Waals surface area contributed by atoms with Gasteiger partial charge in [0.25, 0.3) is 0 Å². The Morgan fingerprint density at radius 3 is 2.26 bits per heavy atom. The van der Waals surface area contributed by atoms with Gasteiger partial charge in [0, 0.05) is 6.54 Å². The standard InChI is InChI=1S/C17H15F4NO4S/c1-10-8-12(16(23)24)9-14(15(10)18)27(25,26)22-7-6-11-2-4-13(5-3-11)17(19,20)21/h2-5,8-9,22H,6-7H2,1H3,(H,23,24). The first-order valence-electron chi connectivity index (χ1n) is 7.61. The molecule has 27 heavy (non-hydrogen) atoms. The van der Waals surface area contributed by atoms with Gasteiger partial charge in [0.05, 0.1) is 11.1 Å². The summed E-state index contributed by atoms with van der Waals surface area (Å²) in [5.74, 6) is -2.47. The second-order valence-electron chi connectivity index (χ2n) is 5.75. The van der Waals surface area contributed by atoms with Crippen LogP contribution in [0.4, 0.5) is 17.6 Å². The van der Waals surface area contributed by atoms with Gasteiger partial charge in [-0.1, -0.05) is 12.1 Å². The van der Waals surface area contributed by atoms with Crippen LogP contribution in [0.2, 0.25) is 0 Å². The van der Waals surface area contributed by atoms with Crippen LogP contribution in [0.15, 0.2) is 41.3 Å². The smallest absolute Gasteiger partial charge is 0.416 e. The summed E-state index contributed by atoms with van der Waals surface area (Å²) in [4.78, 5) is 10.2. The second kappa shape index (κ2) is 7.65. The SMILES string of the molecule is Cc1cc(C(=O)O)cc(S(=O)(=O)NCCc2ccc(C(F)(F)F)cc2)c1F. The van der Waals surface area contributed by atoms with Crippen LogP contribution in [0.3, 0.4) is 0 Å². The number of aromatic carboxylic acids is 1. The number of hydrogen-bond donors (Lipinski definition) is 2. The molecule has 0 aliphatic heterocycles. The molecule has 146 valence electrons. The zero-order valence-electron chi connectivity index (χ0n) is 14.0. The van der Waals surface area contributed by atoms with Gasteiger partial charge in [-0.3, -0.25) is 0 Å². The van der Waals surface area contributed by atoms with Gasteiger partial charge in [-0.25, -0.2) is 22.3 Å². The molecule has 0 heterocycles. The number of rotatable bonds is 6. The van der Waals surface area contributed by atoms with Crippen molar-refractivity contribution in [3.63, 3.8) is 0 Å². The Hall–Kier alpha value is -2.46. The average molecular weight is 405 g/mol. The van der Waals surface area contributed by atoms with Crippen LogP contribution in [0.1, 0.15) is 27.0 Å². The number of hydrogen-bond acceptors (Lipinski definition) is 3. The van der Waals surface area contributed by atoms with Gasteiger partial charge in [0.1, 0.15) is 10.7 Å². The van der Waals surface area contributed by atoms with Gasteiger partial charge in [0.2, 0.25) is 10.0 Å². The summed E-state index contributed by atoms with van der Waals surface area (Å²) in [5, 5.41) is 8.98. The second-order valence-corrected chi connectivity index (χ2v) is 7.49. The highest BCUT2D eigenvalue weighted by Crippen LogP contribution is 2.29. The van der Waals surface area contributed by atoms with E-state index in [1.165, 1.54) is 19.1 Å². The molecule has 0 radical (unpaired) electrons. The monoisotopic (exact) mass is 405 g/mol. The number of aryl methyl sites for hydroxylation is 1. The van der Waals surface area contributed by atoms with E-state index in [0.29, 0.717) is 11.6 Å². The summed E-state index contributed by atoms with van der Waals surface area (Å²) in [5.41, 5.74) is -0.897. The van der Waals surface area contributed by atoms with Crippen LogP contribution in [0.25, 0.3) is 0 Å². The lowest BCUT2D eigenvalue weighted by atomic mass is 10.1. The van der Waals surface area contributed by atoms with Crippen molar-refractivity contribution in [3.05, 3.63) is 64.5 Å². The lowest BCUT2D eigenvalue weighted by Gasteiger charge is -2.11. The Morgan fingerprint density at radius 1 is 1.15 bits per heavy atom. The highest BCUT2D eigenvalue weighted by Gasteiger charge is 2.30. The third-order valence-corrected chi connectivity index (χ3v) is 5.20. The fraction of sp³-hybridized carbons (Fsp3) is 0.235. The van der Waals surface area contributed by atoms with Gasteiger partial charge >= 0.3 is 12.1 Å². The largest absolute Gasteiger partial charge is 0.478 e. The normalized spacial score (nSPS) is 12.2. The number of benzene rings is 2. The minimum absolute atomic E-state index is 0.0661. The topological polar surface area (TPSA) is 83.5 Å². The Labute approximate surface area is 152 Å². The van der Waals surface area contributed by atoms with Crippen molar-refractivity contribution in [3.8, 4) is 0 Å². The Morgan fingerprint density at radius 2 is 1.74 bits per heavy atom. The number of carbonyl (C=O) groups is 1. The molecule has 0 aliphatic carbocycles. The minimum atomic E-state index is -4.47. The number of carboxylic acid groups (broad SMARTS) is 1. The highest BCUT2D eigenvalue weighted by molar-refractivity contribution is 7.89. The third-order valence-electron chi connectivity index (χ3n) is 3.74. The fourth-order valence-electron chi connectivity index (χ4n) is 2.32. The van der Waals surface area contributed by atoms with Gasteiger partial charge in [0.15, 0.2) is 0 Å². The molecule has 0 saturated carbocycles. The van der Waals surface area contributed by atoms with Crippen molar-refractivity contribution >= 4 is 16.0 Å². The highest BCUT2D eigenvalue weighted by atomic mass is 32.2. The summed E-state index contributed by atoms with van der Waals surface area (Å²) in [6.45, 7) is 1.03. The first kappa shape index (κ1) is 20.8. The number of halogens is 4. The predicted molar refractivity (Wildman–Crippen MR) is 88.4 cm³/mol. The number of alkyl halides is 3. The lowest BCUT2D eigenvalue weighted by molar-refractivity contribution is -0.137. The lowest BCUT2D eigenvalue weighted by Crippen LogP contribution is -2.27. The van der Waals surface area contributed by atoms with Crippen LogP contribution >= 0.6 is 0 Å². The Bertz CT molecular complexity index is 954. The average Bonchev–Trinajstić information content (AvgIpc) is 2.56. The molecule has 0 aromatic heterocycles. The first-order chi connectivity index (χ1) is 12.4. The van der Waals surface area contributed by atoms with Crippen LogP contribution in [-0.4, -0.2) is 26.0 Å². The maximum atomic E-state index is 14.1. The maximum absolute atomic E-state index is 14.1. The van der Waals surface area contributed by atoms with Crippen LogP contribution in [-0.2, 0) is 22.6 Å². The molecule has 0 bridgehead atoms. The van der Waals surface area contributed by atoms with Gasteiger partial charge in [-0.05, 0) is 48.7 Å². The summed E-state index contributed by atoms with van der Waals surface area (Å²) in [7, 11) is -4.34. The molecule has 0 amide bonds. The van der Waals surface area contributed by atoms with Crippen LogP contribution < -0.4 is 4.72 Å². The van der Waals surface area contributed by atoms with E-state index in [0.717, 1.165) is 18.2 Å². The van der Waals surface area contributed by atoms with E-state index in [2.05, 4.69) is 4.72 Å². The molecular formula is C17H15F4NO4S. The van der Waals surface area contributed by atoms with Crippen molar-refractivity contribution in [1.29, 1.82) is 0 Å². The fourth-order valence-corrected chi connectivity index (χ4v) is 3.53. The Balaban J connectivity index is 2.13. The maximum Gasteiger partial charge on any atom is 0.416 e. The molecular weight excluding hydrogens is 390 g/mol. The van der Waals surface area contributed by atoms with Gasteiger partial charge in [-0.15, -0.1) is 0 Å². The molecule has 2 aromatic carbocycles. The molecule has 2 N–H and O–H groups in total. The van der Waals surface area contributed by atoms with Crippen LogP contribution in [0.5, 0.6) is 0 Å². The molecule has 2 aromatic rings. The van der Waals surface area contributed by atoms with E-state index in [9.17, 15) is 30.8 Å². The molecule has 5 nitrogen and oxygen atoms in total. The first-order valence-corrected chi connectivity index (χ1v) is 9.09. The predicted octanol–water partition coefficient (Wildman–Crippen LogP) is 3.37. The summed E-state index contributed by atoms with van der Waals surface area (Å²) in [6, 6.07) is 5.91. The molecule has 0 spiro atoms. The van der Waals surface area contributed by atoms with E-state index < -0.39 is 38.4 Å². The molecule has 0 aliphatic rings. The zero-order valence-corrected chi connectivity index (χ0v) is 14.8. The van der Waals surface area contributed by atoms with Crippen molar-refractivity contribution in [2.45, 2.75) is 24.4 Å². The molecule has 10 heteroatoms. The number of sulfonamides is 1. The summed E-state index contributed by atoms with van der Waals surface area (Å²) in [6.07, 6.45) is -4.40. The van der Waals surface area contributed by atoms with E-state index in [-0.39, 0.29) is 24.1 Å². The molecule has 2 rings (SSSR count). The molecule has 0 atom stereocenters.